The highest BCUT2D eigenvalue weighted by molar-refractivity contribution is 9.10. The fourth-order valence-electron chi connectivity index (χ4n) is 2.22. The van der Waals surface area contributed by atoms with Gasteiger partial charge in [-0.3, -0.25) is 0 Å². The molecule has 0 fully saturated rings. The maximum Gasteiger partial charge on any atom is 0.128 e. The molecule has 0 radical (unpaired) electrons. The molecule has 2 rings (SSSR count). The van der Waals surface area contributed by atoms with Crippen LogP contribution in [0.4, 0.5) is 4.39 Å². The molecule has 0 aliphatic heterocycles. The Balaban J connectivity index is 2.02. The first-order chi connectivity index (χ1) is 10.1. The number of hydrogen-bond acceptors (Lipinski definition) is 2. The summed E-state index contributed by atoms with van der Waals surface area (Å²) in [5, 5.41) is 3.35. The van der Waals surface area contributed by atoms with Crippen molar-refractivity contribution in [3.8, 4) is 0 Å². The van der Waals surface area contributed by atoms with Crippen molar-refractivity contribution < 1.29 is 9.13 Å². The van der Waals surface area contributed by atoms with Crippen LogP contribution in [-0.4, -0.2) is 7.11 Å². The molecule has 2 aromatic rings. The first-order valence-electron chi connectivity index (χ1n) is 6.85. The van der Waals surface area contributed by atoms with Crippen LogP contribution < -0.4 is 5.32 Å². The minimum atomic E-state index is -0.189. The molecule has 1 atom stereocenters. The molecule has 0 aliphatic carbocycles. The van der Waals surface area contributed by atoms with Gasteiger partial charge in [-0.25, -0.2) is 4.39 Å². The standard InChI is InChI=1S/C17H19BrFNO/c1-12(16-9-15(18)6-7-17(16)19)20-10-13-4-3-5-14(8-13)11-21-2/h3-9,12,20H,10-11H2,1-2H3. The monoisotopic (exact) mass is 351 g/mol. The van der Waals surface area contributed by atoms with E-state index in [2.05, 4.69) is 33.4 Å². The van der Waals surface area contributed by atoms with Crippen LogP contribution in [0.2, 0.25) is 0 Å². The van der Waals surface area contributed by atoms with E-state index in [-0.39, 0.29) is 11.9 Å². The number of rotatable bonds is 6. The van der Waals surface area contributed by atoms with Crippen molar-refractivity contribution in [1.29, 1.82) is 0 Å². The molecule has 0 heterocycles. The van der Waals surface area contributed by atoms with Gasteiger partial charge in [0.2, 0.25) is 0 Å². The van der Waals surface area contributed by atoms with Gasteiger partial charge in [0.1, 0.15) is 5.82 Å². The molecule has 21 heavy (non-hydrogen) atoms. The zero-order valence-corrected chi connectivity index (χ0v) is 13.8. The minimum absolute atomic E-state index is 0.0615. The first-order valence-corrected chi connectivity index (χ1v) is 7.64. The summed E-state index contributed by atoms with van der Waals surface area (Å²) in [6, 6.07) is 13.1. The SMILES string of the molecule is COCc1cccc(CNC(C)c2cc(Br)ccc2F)c1. The molecular weight excluding hydrogens is 333 g/mol. The zero-order chi connectivity index (χ0) is 15.2. The Labute approximate surface area is 133 Å². The van der Waals surface area contributed by atoms with Crippen LogP contribution in [0.25, 0.3) is 0 Å². The number of nitrogens with one attached hydrogen (secondary N) is 1. The van der Waals surface area contributed by atoms with E-state index >= 15 is 0 Å². The van der Waals surface area contributed by atoms with Gasteiger partial charge in [-0.15, -0.1) is 0 Å². The normalized spacial score (nSPS) is 12.4. The van der Waals surface area contributed by atoms with Crippen molar-refractivity contribution in [3.63, 3.8) is 0 Å². The Kier molecular flexibility index (Phi) is 5.91. The second-order valence-electron chi connectivity index (χ2n) is 5.02. The fraction of sp³-hybridized carbons (Fsp3) is 0.294. The molecule has 112 valence electrons. The van der Waals surface area contributed by atoms with Crippen LogP contribution in [0.3, 0.4) is 0 Å². The summed E-state index contributed by atoms with van der Waals surface area (Å²) < 4.78 is 19.8. The second kappa shape index (κ2) is 7.69. The van der Waals surface area contributed by atoms with Crippen molar-refractivity contribution >= 4 is 15.9 Å². The van der Waals surface area contributed by atoms with Gasteiger partial charge in [0.25, 0.3) is 0 Å². The molecule has 2 aromatic carbocycles. The van der Waals surface area contributed by atoms with Gasteiger partial charge in [-0.05, 0) is 36.2 Å². The third kappa shape index (κ3) is 4.63. The Morgan fingerprint density at radius 1 is 1.19 bits per heavy atom. The lowest BCUT2D eigenvalue weighted by molar-refractivity contribution is 0.185. The predicted octanol–water partition coefficient (Wildman–Crippen LogP) is 4.59. The van der Waals surface area contributed by atoms with Gasteiger partial charge < -0.3 is 10.1 Å². The molecule has 1 unspecified atom stereocenters. The van der Waals surface area contributed by atoms with Gasteiger partial charge in [0.05, 0.1) is 6.61 Å². The van der Waals surface area contributed by atoms with Crippen LogP contribution in [-0.2, 0) is 17.9 Å². The van der Waals surface area contributed by atoms with Crippen molar-refractivity contribution in [2.45, 2.75) is 26.1 Å². The van der Waals surface area contributed by atoms with Crippen molar-refractivity contribution in [2.75, 3.05) is 7.11 Å². The van der Waals surface area contributed by atoms with E-state index in [0.29, 0.717) is 18.7 Å². The molecule has 0 saturated heterocycles. The quantitative estimate of drug-likeness (QED) is 0.821. The third-order valence-corrected chi connectivity index (χ3v) is 3.83. The molecule has 2 nitrogen and oxygen atoms in total. The summed E-state index contributed by atoms with van der Waals surface area (Å²) in [5.41, 5.74) is 2.96. The Morgan fingerprint density at radius 3 is 2.71 bits per heavy atom. The van der Waals surface area contributed by atoms with E-state index < -0.39 is 0 Å². The van der Waals surface area contributed by atoms with Crippen molar-refractivity contribution in [2.24, 2.45) is 0 Å². The summed E-state index contributed by atoms with van der Waals surface area (Å²) in [7, 11) is 1.68. The smallest absolute Gasteiger partial charge is 0.128 e. The van der Waals surface area contributed by atoms with E-state index in [4.69, 9.17) is 4.74 Å². The molecule has 0 aromatic heterocycles. The van der Waals surface area contributed by atoms with Gasteiger partial charge in [-0.2, -0.15) is 0 Å². The fourth-order valence-corrected chi connectivity index (χ4v) is 2.60. The average Bonchev–Trinajstić information content (AvgIpc) is 2.48. The van der Waals surface area contributed by atoms with E-state index in [1.54, 1.807) is 13.2 Å². The van der Waals surface area contributed by atoms with Crippen molar-refractivity contribution in [3.05, 3.63) is 69.4 Å². The minimum Gasteiger partial charge on any atom is -0.380 e. The molecular formula is C17H19BrFNO. The second-order valence-corrected chi connectivity index (χ2v) is 5.94. The number of ether oxygens (including phenoxy) is 1. The number of benzene rings is 2. The Morgan fingerprint density at radius 2 is 1.95 bits per heavy atom. The maximum absolute atomic E-state index is 13.8. The first kappa shape index (κ1) is 16.1. The van der Waals surface area contributed by atoms with Crippen molar-refractivity contribution in [1.82, 2.24) is 5.32 Å². The van der Waals surface area contributed by atoms with Gasteiger partial charge in [0.15, 0.2) is 0 Å². The van der Waals surface area contributed by atoms with Gasteiger partial charge in [-0.1, -0.05) is 40.2 Å². The third-order valence-electron chi connectivity index (χ3n) is 3.34. The van der Waals surface area contributed by atoms with E-state index in [1.165, 1.54) is 6.07 Å². The topological polar surface area (TPSA) is 21.3 Å². The van der Waals surface area contributed by atoms with Gasteiger partial charge in [0, 0.05) is 29.7 Å². The lowest BCUT2D eigenvalue weighted by atomic mass is 10.1. The largest absolute Gasteiger partial charge is 0.380 e. The van der Waals surface area contributed by atoms with Gasteiger partial charge >= 0.3 is 0 Å². The highest BCUT2D eigenvalue weighted by Crippen LogP contribution is 2.22. The van der Waals surface area contributed by atoms with Crippen LogP contribution in [0.5, 0.6) is 0 Å². The Hall–Kier alpha value is -1.23. The number of methoxy groups -OCH3 is 1. The van der Waals surface area contributed by atoms with Crippen LogP contribution >= 0.6 is 15.9 Å². The summed E-state index contributed by atoms with van der Waals surface area (Å²) in [5.74, 6) is -0.189. The van der Waals surface area contributed by atoms with Crippen LogP contribution in [0.15, 0.2) is 46.9 Å². The lowest BCUT2D eigenvalue weighted by Crippen LogP contribution is -2.19. The molecule has 0 saturated carbocycles. The maximum atomic E-state index is 13.8. The van der Waals surface area contributed by atoms with Crippen LogP contribution in [0.1, 0.15) is 29.7 Å². The zero-order valence-electron chi connectivity index (χ0n) is 12.2. The molecule has 1 N–H and O–H groups in total. The average molecular weight is 352 g/mol. The van der Waals surface area contributed by atoms with E-state index in [9.17, 15) is 4.39 Å². The molecule has 4 heteroatoms. The molecule has 0 bridgehead atoms. The predicted molar refractivity (Wildman–Crippen MR) is 86.5 cm³/mol. The molecule has 0 aliphatic rings. The summed E-state index contributed by atoms with van der Waals surface area (Å²) >= 11 is 3.38. The van der Waals surface area contributed by atoms with E-state index in [1.807, 2.05) is 25.1 Å². The highest BCUT2D eigenvalue weighted by Gasteiger charge is 2.11. The lowest BCUT2D eigenvalue weighted by Gasteiger charge is -2.16. The number of halogens is 2. The van der Waals surface area contributed by atoms with Crippen LogP contribution in [0, 0.1) is 5.82 Å². The molecule has 0 spiro atoms. The molecule has 0 amide bonds. The van der Waals surface area contributed by atoms with E-state index in [0.717, 1.165) is 15.6 Å². The highest BCUT2D eigenvalue weighted by atomic mass is 79.9. The summed E-state index contributed by atoms with van der Waals surface area (Å²) in [4.78, 5) is 0. The summed E-state index contributed by atoms with van der Waals surface area (Å²) in [6.45, 7) is 3.25. The summed E-state index contributed by atoms with van der Waals surface area (Å²) in [6.07, 6.45) is 0. The Bertz CT molecular complexity index is 603. The number of hydrogen-bond donors (Lipinski definition) is 1.